The van der Waals surface area contributed by atoms with Crippen LogP contribution in [-0.4, -0.2) is 16.8 Å². The van der Waals surface area contributed by atoms with Crippen LogP contribution in [0.15, 0.2) is 36.4 Å². The second kappa shape index (κ2) is 7.85. The Hall–Kier alpha value is -2.13. The number of rotatable bonds is 5. The van der Waals surface area contributed by atoms with Crippen molar-refractivity contribution in [3.63, 3.8) is 0 Å². The van der Waals surface area contributed by atoms with Crippen molar-refractivity contribution in [1.82, 2.24) is 4.31 Å². The van der Waals surface area contributed by atoms with E-state index in [1.807, 2.05) is 0 Å². The molecule has 0 atom stereocenters. The summed E-state index contributed by atoms with van der Waals surface area (Å²) in [5.41, 5.74) is -0.760. The zero-order chi connectivity index (χ0) is 19.6. The predicted octanol–water partition coefficient (Wildman–Crippen LogP) is 5.89. The lowest BCUT2D eigenvalue weighted by Gasteiger charge is -2.15. The molecule has 1 heterocycles. The molecule has 1 saturated heterocycles. The second-order valence-corrected chi connectivity index (χ2v) is 6.91. The number of alkyl halides is 3. The first-order valence-corrected chi connectivity index (χ1v) is 8.96. The first-order valence-electron chi connectivity index (χ1n) is 7.81. The van der Waals surface area contributed by atoms with Crippen LogP contribution in [0, 0.1) is 5.82 Å². The van der Waals surface area contributed by atoms with E-state index in [2.05, 4.69) is 4.72 Å². The molecule has 1 aliphatic rings. The zero-order valence-corrected chi connectivity index (χ0v) is 15.2. The van der Waals surface area contributed by atoms with Crippen molar-refractivity contribution in [2.24, 2.45) is 0 Å². The summed E-state index contributed by atoms with van der Waals surface area (Å²) in [5, 5.41) is -0.240. The third kappa shape index (κ3) is 4.78. The van der Waals surface area contributed by atoms with E-state index in [4.69, 9.17) is 16.3 Å². The number of carbonyl (C=O) groups excluding carboxylic acids is 1. The zero-order valence-electron chi connectivity index (χ0n) is 13.6. The molecule has 2 aromatic rings. The molecule has 0 spiro atoms. The standard InChI is InChI=1S/C17H13ClF4N2O2S/c18-12-8-10(17(20,21)22)3-6-15(12)26-11-4-5-14(13(19)9-11)23-27-24-7-1-2-16(24)25/h3-6,8-9,23H,1-2,7H2. The van der Waals surface area contributed by atoms with Gasteiger partial charge >= 0.3 is 6.18 Å². The number of carbonyl (C=O) groups is 1. The molecule has 0 aliphatic carbocycles. The maximum Gasteiger partial charge on any atom is 0.416 e. The lowest BCUT2D eigenvalue weighted by molar-refractivity contribution is -0.137. The van der Waals surface area contributed by atoms with Crippen LogP contribution >= 0.6 is 23.7 Å². The van der Waals surface area contributed by atoms with Crippen LogP contribution in [0.25, 0.3) is 0 Å². The van der Waals surface area contributed by atoms with Gasteiger partial charge in [-0.15, -0.1) is 0 Å². The summed E-state index contributed by atoms with van der Waals surface area (Å²) >= 11 is 6.82. The lowest BCUT2D eigenvalue weighted by Crippen LogP contribution is -2.18. The molecule has 0 unspecified atom stereocenters. The molecule has 3 rings (SSSR count). The lowest BCUT2D eigenvalue weighted by atomic mass is 10.2. The van der Waals surface area contributed by atoms with Gasteiger partial charge in [-0.05, 0) is 36.8 Å². The number of nitrogens with zero attached hydrogens (tertiary/aromatic N) is 1. The topological polar surface area (TPSA) is 41.6 Å². The van der Waals surface area contributed by atoms with Gasteiger partial charge in [-0.25, -0.2) is 4.39 Å². The Kier molecular flexibility index (Phi) is 5.71. The average molecular weight is 421 g/mol. The van der Waals surface area contributed by atoms with E-state index in [0.29, 0.717) is 13.0 Å². The molecule has 0 bridgehead atoms. The highest BCUT2D eigenvalue weighted by Gasteiger charge is 2.31. The quantitative estimate of drug-likeness (QED) is 0.484. The van der Waals surface area contributed by atoms with Gasteiger partial charge in [-0.1, -0.05) is 11.6 Å². The molecular weight excluding hydrogens is 408 g/mol. The summed E-state index contributed by atoms with van der Waals surface area (Å²) in [4.78, 5) is 11.5. The fourth-order valence-corrected chi connectivity index (χ4v) is 3.36. The van der Waals surface area contributed by atoms with Gasteiger partial charge in [0.15, 0.2) is 5.82 Å². The first kappa shape index (κ1) is 19.6. The number of anilines is 1. The largest absolute Gasteiger partial charge is 0.456 e. The molecule has 144 valence electrons. The SMILES string of the molecule is O=C1CCCN1SNc1ccc(Oc2ccc(C(F)(F)F)cc2Cl)cc1F. The molecule has 27 heavy (non-hydrogen) atoms. The van der Waals surface area contributed by atoms with Crippen LogP contribution in [0.1, 0.15) is 18.4 Å². The molecule has 1 fully saturated rings. The Balaban J connectivity index is 1.68. The monoisotopic (exact) mass is 420 g/mol. The van der Waals surface area contributed by atoms with Gasteiger partial charge in [0.25, 0.3) is 0 Å². The summed E-state index contributed by atoms with van der Waals surface area (Å²) in [6, 6.07) is 6.55. The van der Waals surface area contributed by atoms with Gasteiger partial charge in [0.1, 0.15) is 11.5 Å². The van der Waals surface area contributed by atoms with E-state index in [1.54, 1.807) is 0 Å². The molecule has 1 aliphatic heterocycles. The van der Waals surface area contributed by atoms with Gasteiger partial charge in [0.05, 0.1) is 28.4 Å². The van der Waals surface area contributed by atoms with Crippen LogP contribution in [-0.2, 0) is 11.0 Å². The molecule has 4 nitrogen and oxygen atoms in total. The number of nitrogens with one attached hydrogen (secondary N) is 1. The van der Waals surface area contributed by atoms with Gasteiger partial charge < -0.3 is 9.46 Å². The number of amides is 1. The minimum atomic E-state index is -4.52. The van der Waals surface area contributed by atoms with E-state index in [9.17, 15) is 22.4 Å². The third-order valence-corrected chi connectivity index (χ3v) is 4.94. The average Bonchev–Trinajstić information content (AvgIpc) is 3.00. The van der Waals surface area contributed by atoms with Crippen LogP contribution < -0.4 is 9.46 Å². The highest BCUT2D eigenvalue weighted by Crippen LogP contribution is 2.37. The second-order valence-electron chi connectivity index (χ2n) is 5.68. The highest BCUT2D eigenvalue weighted by molar-refractivity contribution is 7.98. The molecule has 0 aromatic heterocycles. The van der Waals surface area contributed by atoms with Gasteiger partial charge in [0, 0.05) is 19.0 Å². The molecule has 0 saturated carbocycles. The van der Waals surface area contributed by atoms with Crippen molar-refractivity contribution in [1.29, 1.82) is 0 Å². The Morgan fingerprint density at radius 2 is 1.96 bits per heavy atom. The smallest absolute Gasteiger partial charge is 0.416 e. The van der Waals surface area contributed by atoms with Crippen LogP contribution in [0.4, 0.5) is 23.2 Å². The summed E-state index contributed by atoms with van der Waals surface area (Å²) in [7, 11) is 0. The molecule has 10 heteroatoms. The normalized spacial score (nSPS) is 14.6. The molecule has 1 amide bonds. The van der Waals surface area contributed by atoms with E-state index in [-0.39, 0.29) is 28.1 Å². The first-order chi connectivity index (χ1) is 12.7. The molecule has 2 aromatic carbocycles. The molecule has 1 N–H and O–H groups in total. The Bertz CT molecular complexity index is 863. The van der Waals surface area contributed by atoms with E-state index in [1.165, 1.54) is 16.4 Å². The van der Waals surface area contributed by atoms with Crippen molar-refractivity contribution in [3.8, 4) is 11.5 Å². The van der Waals surface area contributed by atoms with E-state index in [0.717, 1.165) is 42.8 Å². The number of benzene rings is 2. The van der Waals surface area contributed by atoms with Crippen molar-refractivity contribution in [3.05, 3.63) is 52.8 Å². The Morgan fingerprint density at radius 3 is 2.56 bits per heavy atom. The van der Waals surface area contributed by atoms with Crippen LogP contribution in [0.3, 0.4) is 0 Å². The number of hydrogen-bond acceptors (Lipinski definition) is 4. The fraction of sp³-hybridized carbons (Fsp3) is 0.235. The highest BCUT2D eigenvalue weighted by atomic mass is 35.5. The van der Waals surface area contributed by atoms with Crippen molar-refractivity contribution in [2.45, 2.75) is 19.0 Å². The van der Waals surface area contributed by atoms with E-state index >= 15 is 0 Å². The third-order valence-electron chi connectivity index (χ3n) is 3.72. The number of hydrogen-bond donors (Lipinski definition) is 1. The summed E-state index contributed by atoms with van der Waals surface area (Å²) in [5.74, 6) is -0.622. The van der Waals surface area contributed by atoms with Crippen molar-refractivity contribution in [2.75, 3.05) is 11.3 Å². The summed E-state index contributed by atoms with van der Waals surface area (Å²) in [6.07, 6.45) is -3.29. The maximum atomic E-state index is 14.2. The van der Waals surface area contributed by atoms with Crippen LogP contribution in [0.2, 0.25) is 5.02 Å². The van der Waals surface area contributed by atoms with Gasteiger partial charge in [-0.3, -0.25) is 9.10 Å². The maximum absolute atomic E-state index is 14.2. The van der Waals surface area contributed by atoms with Crippen molar-refractivity contribution >= 4 is 35.3 Å². The Labute approximate surface area is 161 Å². The molecule has 0 radical (unpaired) electrons. The summed E-state index contributed by atoms with van der Waals surface area (Å²) < 4.78 is 61.8. The number of ether oxygens (including phenoxy) is 1. The van der Waals surface area contributed by atoms with Gasteiger partial charge in [0.2, 0.25) is 5.91 Å². The van der Waals surface area contributed by atoms with Crippen molar-refractivity contribution < 1.29 is 27.1 Å². The van der Waals surface area contributed by atoms with Crippen LogP contribution in [0.5, 0.6) is 11.5 Å². The fourth-order valence-electron chi connectivity index (χ4n) is 2.35. The Morgan fingerprint density at radius 1 is 1.19 bits per heavy atom. The van der Waals surface area contributed by atoms with E-state index < -0.39 is 17.6 Å². The molecular formula is C17H13ClF4N2O2S. The minimum Gasteiger partial charge on any atom is -0.456 e. The summed E-state index contributed by atoms with van der Waals surface area (Å²) in [6.45, 7) is 0.589. The minimum absolute atomic E-state index is 0.0233. The number of halogens is 5. The predicted molar refractivity (Wildman–Crippen MR) is 95.1 cm³/mol. The van der Waals surface area contributed by atoms with Gasteiger partial charge in [-0.2, -0.15) is 13.2 Å².